The monoisotopic (exact) mass is 338 g/mol. The quantitative estimate of drug-likeness (QED) is 0.808. The Morgan fingerprint density at radius 2 is 1.64 bits per heavy atom. The number of carbonyl (C=O) groups excluding carboxylic acids is 1. The van der Waals surface area contributed by atoms with Gasteiger partial charge in [-0.05, 0) is 48.7 Å². The molecule has 25 heavy (non-hydrogen) atoms. The van der Waals surface area contributed by atoms with Crippen molar-refractivity contribution in [3.8, 4) is 0 Å². The smallest absolute Gasteiger partial charge is 0.248 e. The minimum atomic E-state index is -0.284. The van der Waals surface area contributed by atoms with Crippen LogP contribution in [0.5, 0.6) is 0 Å². The van der Waals surface area contributed by atoms with Gasteiger partial charge in [0.2, 0.25) is 5.91 Å². The van der Waals surface area contributed by atoms with Gasteiger partial charge >= 0.3 is 0 Å². The number of hydrogen-bond acceptors (Lipinski definition) is 2. The third-order valence-corrected chi connectivity index (χ3v) is 4.41. The molecular weight excluding hydrogens is 315 g/mol. The van der Waals surface area contributed by atoms with E-state index in [2.05, 4.69) is 16.3 Å². The van der Waals surface area contributed by atoms with Crippen LogP contribution >= 0.6 is 0 Å². The van der Waals surface area contributed by atoms with E-state index in [-0.39, 0.29) is 11.7 Å². The second-order valence-corrected chi connectivity index (χ2v) is 6.29. The minimum Gasteiger partial charge on any atom is -0.370 e. The van der Waals surface area contributed by atoms with E-state index in [9.17, 15) is 9.18 Å². The summed E-state index contributed by atoms with van der Waals surface area (Å²) in [7, 11) is 0. The first kappa shape index (κ1) is 17.2. The van der Waals surface area contributed by atoms with Crippen LogP contribution in [0.15, 0.2) is 54.6 Å². The third kappa shape index (κ3) is 4.92. The molecule has 130 valence electrons. The lowest BCUT2D eigenvalue weighted by Crippen LogP contribution is -2.25. The van der Waals surface area contributed by atoms with Crippen LogP contribution in [0, 0.1) is 5.82 Å². The summed E-state index contributed by atoms with van der Waals surface area (Å²) in [6.45, 7) is 2.05. The van der Waals surface area contributed by atoms with Crippen LogP contribution in [-0.2, 0) is 4.79 Å². The van der Waals surface area contributed by atoms with Gasteiger partial charge in [0.15, 0.2) is 0 Å². The Morgan fingerprint density at radius 1 is 0.960 bits per heavy atom. The maximum absolute atomic E-state index is 12.9. The van der Waals surface area contributed by atoms with Crippen molar-refractivity contribution < 1.29 is 9.18 Å². The Labute approximate surface area is 148 Å². The molecule has 4 heteroatoms. The van der Waals surface area contributed by atoms with Crippen LogP contribution in [0.1, 0.15) is 31.2 Å². The lowest BCUT2D eigenvalue weighted by molar-refractivity contribution is -0.111. The van der Waals surface area contributed by atoms with Gasteiger partial charge in [-0.1, -0.05) is 37.1 Å². The van der Waals surface area contributed by atoms with Crippen LogP contribution < -0.4 is 10.2 Å². The minimum absolute atomic E-state index is 0.188. The Bertz CT molecular complexity index is 732. The predicted octanol–water partition coefficient (Wildman–Crippen LogP) is 4.86. The molecule has 0 bridgehead atoms. The summed E-state index contributed by atoms with van der Waals surface area (Å²) in [5, 5.41) is 2.97. The molecule has 0 radical (unpaired) electrons. The molecule has 0 spiro atoms. The number of anilines is 2. The zero-order valence-corrected chi connectivity index (χ0v) is 14.2. The molecule has 1 aliphatic heterocycles. The summed E-state index contributed by atoms with van der Waals surface area (Å²) in [4.78, 5) is 14.6. The average molecular weight is 338 g/mol. The molecule has 0 aromatic heterocycles. The summed E-state index contributed by atoms with van der Waals surface area (Å²) in [6.07, 6.45) is 8.08. The lowest BCUT2D eigenvalue weighted by atomic mass is 10.2. The SMILES string of the molecule is O=C(C=Cc1ccc(F)cc1)Nc1ccccc1N1CCCCCC1. The van der Waals surface area contributed by atoms with E-state index in [0.29, 0.717) is 0 Å². The summed E-state index contributed by atoms with van der Waals surface area (Å²) in [5.41, 5.74) is 2.70. The highest BCUT2D eigenvalue weighted by atomic mass is 19.1. The van der Waals surface area contributed by atoms with Gasteiger partial charge in [0, 0.05) is 19.2 Å². The highest BCUT2D eigenvalue weighted by Crippen LogP contribution is 2.28. The molecule has 0 atom stereocenters. The van der Waals surface area contributed by atoms with Crippen molar-refractivity contribution in [1.82, 2.24) is 0 Å². The largest absolute Gasteiger partial charge is 0.370 e. The highest BCUT2D eigenvalue weighted by Gasteiger charge is 2.14. The molecule has 0 unspecified atom stereocenters. The van der Waals surface area contributed by atoms with Crippen molar-refractivity contribution in [3.63, 3.8) is 0 Å². The van der Waals surface area contributed by atoms with Crippen LogP contribution in [0.2, 0.25) is 0 Å². The van der Waals surface area contributed by atoms with Crippen molar-refractivity contribution in [2.24, 2.45) is 0 Å². The van der Waals surface area contributed by atoms with Gasteiger partial charge in [-0.3, -0.25) is 4.79 Å². The summed E-state index contributed by atoms with van der Waals surface area (Å²) in [5.74, 6) is -0.473. The number of carbonyl (C=O) groups is 1. The molecule has 1 aliphatic rings. The normalized spacial score (nSPS) is 15.2. The molecule has 3 rings (SSSR count). The summed E-state index contributed by atoms with van der Waals surface area (Å²) >= 11 is 0. The molecule has 2 aromatic carbocycles. The fraction of sp³-hybridized carbons (Fsp3) is 0.286. The average Bonchev–Trinajstić information content (AvgIpc) is 2.91. The molecule has 0 saturated carbocycles. The van der Waals surface area contributed by atoms with Crippen molar-refractivity contribution >= 4 is 23.4 Å². The number of nitrogens with one attached hydrogen (secondary N) is 1. The van der Waals surface area contributed by atoms with Crippen molar-refractivity contribution in [3.05, 3.63) is 66.0 Å². The van der Waals surface area contributed by atoms with E-state index in [0.717, 1.165) is 30.0 Å². The molecule has 1 fully saturated rings. The molecule has 2 aromatic rings. The topological polar surface area (TPSA) is 32.3 Å². The van der Waals surface area contributed by atoms with Crippen molar-refractivity contribution in [2.45, 2.75) is 25.7 Å². The van der Waals surface area contributed by atoms with E-state index in [1.807, 2.05) is 18.2 Å². The van der Waals surface area contributed by atoms with Crippen molar-refractivity contribution in [1.29, 1.82) is 0 Å². The van der Waals surface area contributed by atoms with E-state index in [1.54, 1.807) is 18.2 Å². The van der Waals surface area contributed by atoms with E-state index < -0.39 is 0 Å². The maximum Gasteiger partial charge on any atom is 0.248 e. The molecule has 3 nitrogen and oxygen atoms in total. The number of rotatable bonds is 4. The standard InChI is InChI=1S/C21H23FN2O/c22-18-12-9-17(10-13-18)11-14-21(25)23-19-7-3-4-8-20(19)24-15-5-1-2-6-16-24/h3-4,7-14H,1-2,5-6,15-16H2,(H,23,25). The van der Waals surface area contributed by atoms with Crippen LogP contribution in [0.3, 0.4) is 0 Å². The lowest BCUT2D eigenvalue weighted by Gasteiger charge is -2.25. The summed E-state index contributed by atoms with van der Waals surface area (Å²) < 4.78 is 12.9. The number of nitrogens with zero attached hydrogens (tertiary/aromatic N) is 1. The van der Waals surface area contributed by atoms with Crippen LogP contribution in [-0.4, -0.2) is 19.0 Å². The van der Waals surface area contributed by atoms with Gasteiger partial charge in [-0.2, -0.15) is 0 Å². The van der Waals surface area contributed by atoms with Gasteiger partial charge in [0.25, 0.3) is 0 Å². The first-order valence-electron chi connectivity index (χ1n) is 8.81. The second-order valence-electron chi connectivity index (χ2n) is 6.29. The molecule has 1 N–H and O–H groups in total. The van der Waals surface area contributed by atoms with Crippen molar-refractivity contribution in [2.75, 3.05) is 23.3 Å². The van der Waals surface area contributed by atoms with E-state index in [4.69, 9.17) is 0 Å². The Balaban J connectivity index is 1.69. The maximum atomic E-state index is 12.9. The second kappa shape index (κ2) is 8.47. The number of benzene rings is 2. The highest BCUT2D eigenvalue weighted by molar-refractivity contribution is 6.03. The van der Waals surface area contributed by atoms with Crippen LogP contribution in [0.25, 0.3) is 6.08 Å². The predicted molar refractivity (Wildman–Crippen MR) is 101 cm³/mol. The molecule has 1 saturated heterocycles. The Morgan fingerprint density at radius 3 is 2.36 bits per heavy atom. The fourth-order valence-corrected chi connectivity index (χ4v) is 3.09. The van der Waals surface area contributed by atoms with E-state index >= 15 is 0 Å². The van der Waals surface area contributed by atoms with Gasteiger partial charge in [0.1, 0.15) is 5.82 Å². The molecule has 1 heterocycles. The Hall–Kier alpha value is -2.62. The molecule has 1 amide bonds. The molecule has 0 aliphatic carbocycles. The first-order chi connectivity index (χ1) is 12.2. The number of para-hydroxylation sites is 2. The van der Waals surface area contributed by atoms with Crippen LogP contribution in [0.4, 0.5) is 15.8 Å². The molecular formula is C21H23FN2O. The Kier molecular flexibility index (Phi) is 5.83. The zero-order valence-electron chi connectivity index (χ0n) is 14.2. The van der Waals surface area contributed by atoms with E-state index in [1.165, 1.54) is 43.9 Å². The van der Waals surface area contributed by atoms with Gasteiger partial charge in [-0.25, -0.2) is 4.39 Å². The third-order valence-electron chi connectivity index (χ3n) is 4.41. The van der Waals surface area contributed by atoms with Gasteiger partial charge < -0.3 is 10.2 Å². The number of hydrogen-bond donors (Lipinski definition) is 1. The van der Waals surface area contributed by atoms with Gasteiger partial charge in [-0.15, -0.1) is 0 Å². The fourth-order valence-electron chi connectivity index (χ4n) is 3.09. The van der Waals surface area contributed by atoms with Gasteiger partial charge in [0.05, 0.1) is 11.4 Å². The number of amides is 1. The number of halogens is 1. The zero-order chi connectivity index (χ0) is 17.5. The summed E-state index contributed by atoms with van der Waals surface area (Å²) in [6, 6.07) is 14.0. The first-order valence-corrected chi connectivity index (χ1v) is 8.81.